The van der Waals surface area contributed by atoms with E-state index in [0.717, 1.165) is 25.9 Å². The topological polar surface area (TPSA) is 89.2 Å². The van der Waals surface area contributed by atoms with Crippen molar-refractivity contribution in [3.05, 3.63) is 18.2 Å². The van der Waals surface area contributed by atoms with Crippen LogP contribution in [0.25, 0.3) is 0 Å². The fourth-order valence-electron chi connectivity index (χ4n) is 2.72. The molecule has 0 aromatic heterocycles. The Labute approximate surface area is 172 Å². The fraction of sp³-hybridized carbons (Fsp3) is 0.556. The highest BCUT2D eigenvalue weighted by Gasteiger charge is 2.16. The van der Waals surface area contributed by atoms with E-state index < -0.39 is 0 Å². The van der Waals surface area contributed by atoms with Crippen LogP contribution in [0.2, 0.25) is 0 Å². The molecule has 8 heteroatoms. The number of likely N-dealkylation sites (tertiary alicyclic amines) is 1. The predicted octanol–water partition coefficient (Wildman–Crippen LogP) is 2.84. The van der Waals surface area contributed by atoms with Gasteiger partial charge in [0.2, 0.25) is 5.91 Å². The molecule has 0 radical (unpaired) electrons. The molecule has 0 spiro atoms. The maximum absolute atomic E-state index is 12.2. The molecule has 26 heavy (non-hydrogen) atoms. The molecular formula is C18H29IN4O3. The van der Waals surface area contributed by atoms with Crippen molar-refractivity contribution < 1.29 is 14.3 Å². The largest absolute Gasteiger partial charge is 0.494 e. The van der Waals surface area contributed by atoms with Crippen molar-refractivity contribution in [2.75, 3.05) is 38.2 Å². The second-order valence-corrected chi connectivity index (χ2v) is 5.79. The molecule has 1 aliphatic rings. The van der Waals surface area contributed by atoms with Gasteiger partial charge in [-0.15, -0.1) is 24.0 Å². The number of amides is 1. The lowest BCUT2D eigenvalue weighted by Gasteiger charge is -2.26. The molecule has 1 aromatic carbocycles. The summed E-state index contributed by atoms with van der Waals surface area (Å²) in [5, 5.41) is 3.00. The quantitative estimate of drug-likeness (QED) is 0.359. The standard InChI is InChI=1S/C18H28N4O3.HI/c1-3-24-14-8-9-16(25-4-2)15(12-14)21-18(19)20-13-17(23)22-10-6-5-7-11-22;/h8-9,12H,3-7,10-11,13H2,1-2H3,(H3,19,20,21);1H. The summed E-state index contributed by atoms with van der Waals surface area (Å²) < 4.78 is 11.1. The van der Waals surface area contributed by atoms with Crippen LogP contribution in [0.1, 0.15) is 33.1 Å². The number of benzene rings is 1. The summed E-state index contributed by atoms with van der Waals surface area (Å²) in [6.45, 7) is 6.61. The Morgan fingerprint density at radius 3 is 2.54 bits per heavy atom. The van der Waals surface area contributed by atoms with E-state index in [2.05, 4.69) is 10.3 Å². The van der Waals surface area contributed by atoms with E-state index in [9.17, 15) is 4.79 Å². The number of anilines is 1. The van der Waals surface area contributed by atoms with Crippen LogP contribution in [-0.2, 0) is 4.79 Å². The van der Waals surface area contributed by atoms with E-state index in [1.807, 2.05) is 36.9 Å². The number of nitrogens with zero attached hydrogens (tertiary/aromatic N) is 2. The van der Waals surface area contributed by atoms with Crippen LogP contribution in [-0.4, -0.2) is 49.6 Å². The highest BCUT2D eigenvalue weighted by molar-refractivity contribution is 14.0. The molecule has 1 heterocycles. The van der Waals surface area contributed by atoms with Crippen LogP contribution >= 0.6 is 24.0 Å². The zero-order chi connectivity index (χ0) is 18.1. The molecule has 2 rings (SSSR count). The van der Waals surface area contributed by atoms with Crippen molar-refractivity contribution in [2.24, 2.45) is 10.7 Å². The van der Waals surface area contributed by atoms with Crippen molar-refractivity contribution in [3.63, 3.8) is 0 Å². The van der Waals surface area contributed by atoms with Crippen LogP contribution in [0.15, 0.2) is 23.2 Å². The van der Waals surface area contributed by atoms with Gasteiger partial charge in [-0.3, -0.25) is 4.79 Å². The number of carbonyl (C=O) groups is 1. The Balaban J connectivity index is 0.00000338. The number of guanidine groups is 1. The third-order valence-electron chi connectivity index (χ3n) is 3.92. The molecule has 146 valence electrons. The van der Waals surface area contributed by atoms with E-state index in [1.54, 1.807) is 0 Å². The number of hydrogen-bond acceptors (Lipinski definition) is 4. The van der Waals surface area contributed by atoms with E-state index in [1.165, 1.54) is 6.42 Å². The van der Waals surface area contributed by atoms with Gasteiger partial charge in [0.1, 0.15) is 18.0 Å². The van der Waals surface area contributed by atoms with Gasteiger partial charge in [-0.1, -0.05) is 0 Å². The van der Waals surface area contributed by atoms with Gasteiger partial charge in [0, 0.05) is 19.2 Å². The molecule has 7 nitrogen and oxygen atoms in total. The monoisotopic (exact) mass is 476 g/mol. The first-order valence-corrected chi connectivity index (χ1v) is 8.88. The molecule has 1 amide bonds. The SMILES string of the molecule is CCOc1ccc(OCC)c(NC(N)=NCC(=O)N2CCCCC2)c1.I. The smallest absolute Gasteiger partial charge is 0.244 e. The molecule has 1 aliphatic heterocycles. The maximum atomic E-state index is 12.2. The van der Waals surface area contributed by atoms with Crippen molar-refractivity contribution in [3.8, 4) is 11.5 Å². The van der Waals surface area contributed by atoms with Crippen LogP contribution in [0, 0.1) is 0 Å². The zero-order valence-corrected chi connectivity index (χ0v) is 17.8. The number of hydrogen-bond donors (Lipinski definition) is 2. The van der Waals surface area contributed by atoms with Gasteiger partial charge in [0.05, 0.1) is 18.9 Å². The second kappa shape index (κ2) is 11.8. The fourth-order valence-corrected chi connectivity index (χ4v) is 2.72. The highest BCUT2D eigenvalue weighted by Crippen LogP contribution is 2.29. The molecule has 0 unspecified atom stereocenters. The van der Waals surface area contributed by atoms with E-state index in [0.29, 0.717) is 30.4 Å². The zero-order valence-electron chi connectivity index (χ0n) is 15.5. The summed E-state index contributed by atoms with van der Waals surface area (Å²) in [6, 6.07) is 5.47. The highest BCUT2D eigenvalue weighted by atomic mass is 127. The first kappa shape index (κ1) is 22.3. The lowest BCUT2D eigenvalue weighted by atomic mass is 10.1. The first-order chi connectivity index (χ1) is 12.1. The number of rotatable bonds is 7. The minimum absolute atomic E-state index is 0. The average Bonchev–Trinajstić information content (AvgIpc) is 2.63. The Morgan fingerprint density at radius 1 is 1.19 bits per heavy atom. The molecule has 0 aliphatic carbocycles. The summed E-state index contributed by atoms with van der Waals surface area (Å²) in [6.07, 6.45) is 3.31. The molecule has 3 N–H and O–H groups in total. The van der Waals surface area contributed by atoms with Gasteiger partial charge in [-0.25, -0.2) is 4.99 Å². The Hall–Kier alpha value is -1.71. The number of carbonyl (C=O) groups excluding carboxylic acids is 1. The molecule has 0 saturated carbocycles. The summed E-state index contributed by atoms with van der Waals surface area (Å²) in [7, 11) is 0. The van der Waals surface area contributed by atoms with Crippen LogP contribution in [0.3, 0.4) is 0 Å². The van der Waals surface area contributed by atoms with E-state index in [-0.39, 0.29) is 42.4 Å². The lowest BCUT2D eigenvalue weighted by molar-refractivity contribution is -0.130. The van der Waals surface area contributed by atoms with Crippen molar-refractivity contribution in [1.29, 1.82) is 0 Å². The van der Waals surface area contributed by atoms with Crippen LogP contribution in [0.4, 0.5) is 5.69 Å². The maximum Gasteiger partial charge on any atom is 0.244 e. The Morgan fingerprint density at radius 2 is 1.88 bits per heavy atom. The molecule has 0 atom stereocenters. The third-order valence-corrected chi connectivity index (χ3v) is 3.92. The molecule has 1 aromatic rings. The van der Waals surface area contributed by atoms with Crippen molar-refractivity contribution in [2.45, 2.75) is 33.1 Å². The van der Waals surface area contributed by atoms with Gasteiger partial charge >= 0.3 is 0 Å². The van der Waals surface area contributed by atoms with Crippen LogP contribution in [0.5, 0.6) is 11.5 Å². The predicted molar refractivity (Wildman–Crippen MR) is 115 cm³/mol. The summed E-state index contributed by atoms with van der Waals surface area (Å²) in [4.78, 5) is 18.2. The van der Waals surface area contributed by atoms with Gasteiger partial charge in [0.25, 0.3) is 0 Å². The summed E-state index contributed by atoms with van der Waals surface area (Å²) in [5.74, 6) is 1.56. The third kappa shape index (κ3) is 6.89. The number of aliphatic imine (C=N–C) groups is 1. The Bertz CT molecular complexity index is 604. The molecular weight excluding hydrogens is 447 g/mol. The minimum atomic E-state index is 0. The number of nitrogens with one attached hydrogen (secondary N) is 1. The number of piperidine rings is 1. The number of ether oxygens (including phenoxy) is 2. The van der Waals surface area contributed by atoms with E-state index in [4.69, 9.17) is 15.2 Å². The van der Waals surface area contributed by atoms with E-state index >= 15 is 0 Å². The summed E-state index contributed by atoms with van der Waals surface area (Å²) >= 11 is 0. The number of halogens is 1. The van der Waals surface area contributed by atoms with Crippen LogP contribution < -0.4 is 20.5 Å². The normalized spacial score (nSPS) is 14.4. The summed E-state index contributed by atoms with van der Waals surface area (Å²) in [5.41, 5.74) is 6.61. The minimum Gasteiger partial charge on any atom is -0.494 e. The second-order valence-electron chi connectivity index (χ2n) is 5.79. The molecule has 1 fully saturated rings. The molecule has 1 saturated heterocycles. The van der Waals surface area contributed by atoms with Gasteiger partial charge < -0.3 is 25.4 Å². The average molecular weight is 476 g/mol. The lowest BCUT2D eigenvalue weighted by Crippen LogP contribution is -2.37. The van der Waals surface area contributed by atoms with Crippen molar-refractivity contribution >= 4 is 41.5 Å². The first-order valence-electron chi connectivity index (χ1n) is 8.88. The van der Waals surface area contributed by atoms with Gasteiger partial charge in [-0.05, 0) is 45.2 Å². The Kier molecular flexibility index (Phi) is 10.2. The van der Waals surface area contributed by atoms with Crippen molar-refractivity contribution in [1.82, 2.24) is 4.90 Å². The number of nitrogens with two attached hydrogens (primary N) is 1. The van der Waals surface area contributed by atoms with Gasteiger partial charge in [0.15, 0.2) is 5.96 Å². The van der Waals surface area contributed by atoms with Gasteiger partial charge in [-0.2, -0.15) is 0 Å². The molecule has 0 bridgehead atoms.